The highest BCUT2D eigenvalue weighted by Gasteiger charge is 2.36. The Morgan fingerprint density at radius 3 is 2.68 bits per heavy atom. The Morgan fingerprint density at radius 2 is 2.00 bits per heavy atom. The topological polar surface area (TPSA) is 32.3 Å². The lowest BCUT2D eigenvalue weighted by atomic mass is 9.97. The monoisotopic (exact) mass is 258 g/mol. The van der Waals surface area contributed by atoms with E-state index in [0.29, 0.717) is 12.0 Å². The lowest BCUT2D eigenvalue weighted by molar-refractivity contribution is -0.125. The summed E-state index contributed by atoms with van der Waals surface area (Å²) in [6.45, 7) is 5.08. The summed E-state index contributed by atoms with van der Waals surface area (Å²) in [6, 6.07) is 11.0. The maximum atomic E-state index is 12.2. The van der Waals surface area contributed by atoms with E-state index in [2.05, 4.69) is 41.4 Å². The minimum Gasteiger partial charge on any atom is -0.353 e. The van der Waals surface area contributed by atoms with Gasteiger partial charge in [-0.3, -0.25) is 9.69 Å². The van der Waals surface area contributed by atoms with Crippen LogP contribution < -0.4 is 5.32 Å². The van der Waals surface area contributed by atoms with Gasteiger partial charge in [0.05, 0.1) is 5.92 Å². The molecular formula is C16H22N2O. The van der Waals surface area contributed by atoms with Gasteiger partial charge in [-0.2, -0.15) is 0 Å². The first-order valence-corrected chi connectivity index (χ1v) is 7.29. The van der Waals surface area contributed by atoms with Crippen LogP contribution in [0.15, 0.2) is 30.3 Å². The summed E-state index contributed by atoms with van der Waals surface area (Å²) < 4.78 is 0. The van der Waals surface area contributed by atoms with Gasteiger partial charge in [-0.25, -0.2) is 0 Å². The number of nitrogens with zero attached hydrogens (tertiary/aromatic N) is 1. The Morgan fingerprint density at radius 1 is 1.26 bits per heavy atom. The van der Waals surface area contributed by atoms with Crippen LogP contribution in [-0.4, -0.2) is 29.9 Å². The predicted octanol–water partition coefficient (Wildman–Crippen LogP) is 2.03. The molecule has 0 spiro atoms. The van der Waals surface area contributed by atoms with Gasteiger partial charge in [-0.05, 0) is 24.3 Å². The first-order chi connectivity index (χ1) is 9.22. The van der Waals surface area contributed by atoms with Crippen LogP contribution in [0.1, 0.15) is 25.3 Å². The van der Waals surface area contributed by atoms with E-state index in [1.807, 2.05) is 6.07 Å². The molecule has 102 valence electrons. The van der Waals surface area contributed by atoms with E-state index in [1.165, 1.54) is 18.4 Å². The van der Waals surface area contributed by atoms with Crippen LogP contribution in [0.25, 0.3) is 0 Å². The van der Waals surface area contributed by atoms with Crippen molar-refractivity contribution in [3.63, 3.8) is 0 Å². The van der Waals surface area contributed by atoms with Crippen LogP contribution in [0.3, 0.4) is 0 Å². The zero-order valence-electron chi connectivity index (χ0n) is 11.5. The number of hydrogen-bond donors (Lipinski definition) is 1. The molecule has 0 radical (unpaired) electrons. The molecular weight excluding hydrogens is 236 g/mol. The number of carbonyl (C=O) groups is 1. The lowest BCUT2D eigenvalue weighted by Crippen LogP contribution is -2.35. The van der Waals surface area contributed by atoms with Crippen molar-refractivity contribution in [3.8, 4) is 0 Å². The van der Waals surface area contributed by atoms with E-state index in [1.54, 1.807) is 0 Å². The van der Waals surface area contributed by atoms with Crippen LogP contribution in [0, 0.1) is 11.8 Å². The Balaban J connectivity index is 1.56. The highest BCUT2D eigenvalue weighted by atomic mass is 16.2. The van der Waals surface area contributed by atoms with E-state index >= 15 is 0 Å². The number of nitrogens with one attached hydrogen (secondary N) is 1. The molecule has 0 aromatic heterocycles. The van der Waals surface area contributed by atoms with Crippen LogP contribution in [-0.2, 0) is 11.3 Å². The molecule has 19 heavy (non-hydrogen) atoms. The fraction of sp³-hybridized carbons (Fsp3) is 0.562. The van der Waals surface area contributed by atoms with Crippen molar-refractivity contribution in [3.05, 3.63) is 35.9 Å². The fourth-order valence-corrected chi connectivity index (χ4v) is 2.92. The van der Waals surface area contributed by atoms with E-state index in [-0.39, 0.29) is 11.8 Å². The molecule has 3 nitrogen and oxygen atoms in total. The van der Waals surface area contributed by atoms with Crippen molar-refractivity contribution in [2.75, 3.05) is 13.1 Å². The van der Waals surface area contributed by atoms with Gasteiger partial charge in [-0.1, -0.05) is 37.3 Å². The molecule has 1 saturated heterocycles. The summed E-state index contributed by atoms with van der Waals surface area (Å²) in [5.74, 6) is 0.900. The molecule has 1 N–H and O–H groups in total. The molecule has 3 rings (SSSR count). The molecule has 1 aliphatic carbocycles. The average Bonchev–Trinajstić information content (AvgIpc) is 3.13. The number of benzene rings is 1. The normalized spacial score (nSPS) is 27.4. The zero-order chi connectivity index (χ0) is 13.2. The third-order valence-corrected chi connectivity index (χ3v) is 4.20. The third-order valence-electron chi connectivity index (χ3n) is 4.20. The SMILES string of the molecule is CC1CN(Cc2ccccc2)CC1C(=O)NC1CC1. The standard InChI is InChI=1S/C16H22N2O/c1-12-9-18(10-13-5-3-2-4-6-13)11-15(12)16(19)17-14-7-8-14/h2-6,12,14-15H,7-11H2,1H3,(H,17,19). The van der Waals surface area contributed by atoms with Crippen molar-refractivity contribution < 1.29 is 4.79 Å². The predicted molar refractivity (Wildman–Crippen MR) is 75.5 cm³/mol. The second kappa shape index (κ2) is 5.33. The molecule has 3 heteroatoms. The van der Waals surface area contributed by atoms with Crippen LogP contribution in [0.2, 0.25) is 0 Å². The number of amides is 1. The highest BCUT2D eigenvalue weighted by molar-refractivity contribution is 5.80. The van der Waals surface area contributed by atoms with Crippen molar-refractivity contribution in [2.24, 2.45) is 11.8 Å². The Kier molecular flexibility index (Phi) is 3.56. The molecule has 0 bridgehead atoms. The van der Waals surface area contributed by atoms with Gasteiger partial charge in [0.25, 0.3) is 0 Å². The lowest BCUT2D eigenvalue weighted by Gasteiger charge is -2.16. The zero-order valence-corrected chi connectivity index (χ0v) is 11.5. The minimum absolute atomic E-state index is 0.171. The number of rotatable bonds is 4. The second-order valence-corrected chi connectivity index (χ2v) is 6.05. The number of likely N-dealkylation sites (tertiary alicyclic amines) is 1. The molecule has 1 amide bonds. The first-order valence-electron chi connectivity index (χ1n) is 7.29. The van der Waals surface area contributed by atoms with Gasteiger partial charge in [0, 0.05) is 25.7 Å². The second-order valence-electron chi connectivity index (χ2n) is 6.05. The summed E-state index contributed by atoms with van der Waals surface area (Å²) >= 11 is 0. The summed E-state index contributed by atoms with van der Waals surface area (Å²) in [7, 11) is 0. The van der Waals surface area contributed by atoms with Crippen molar-refractivity contribution in [2.45, 2.75) is 32.4 Å². The van der Waals surface area contributed by atoms with Gasteiger partial charge in [0.2, 0.25) is 5.91 Å². The van der Waals surface area contributed by atoms with Gasteiger partial charge in [0.1, 0.15) is 0 Å². The molecule has 1 aromatic rings. The smallest absolute Gasteiger partial charge is 0.224 e. The summed E-state index contributed by atoms with van der Waals surface area (Å²) in [5.41, 5.74) is 1.33. The van der Waals surface area contributed by atoms with E-state index in [9.17, 15) is 4.79 Å². The molecule has 1 heterocycles. The highest BCUT2D eigenvalue weighted by Crippen LogP contribution is 2.26. The molecule has 2 aliphatic rings. The first kappa shape index (κ1) is 12.7. The molecule has 1 saturated carbocycles. The van der Waals surface area contributed by atoms with Gasteiger partial charge in [-0.15, -0.1) is 0 Å². The van der Waals surface area contributed by atoms with Crippen LogP contribution >= 0.6 is 0 Å². The Labute approximate surface area is 115 Å². The molecule has 2 atom stereocenters. The fourth-order valence-electron chi connectivity index (χ4n) is 2.92. The van der Waals surface area contributed by atoms with E-state index in [0.717, 1.165) is 19.6 Å². The van der Waals surface area contributed by atoms with Crippen LogP contribution in [0.5, 0.6) is 0 Å². The molecule has 2 unspecified atom stereocenters. The third kappa shape index (κ3) is 3.16. The van der Waals surface area contributed by atoms with E-state index in [4.69, 9.17) is 0 Å². The summed E-state index contributed by atoms with van der Waals surface area (Å²) in [5, 5.41) is 3.15. The molecule has 1 aromatic carbocycles. The van der Waals surface area contributed by atoms with Gasteiger partial charge >= 0.3 is 0 Å². The van der Waals surface area contributed by atoms with Crippen molar-refractivity contribution in [1.82, 2.24) is 10.2 Å². The Hall–Kier alpha value is -1.35. The minimum atomic E-state index is 0.171. The maximum absolute atomic E-state index is 12.2. The van der Waals surface area contributed by atoms with Gasteiger partial charge < -0.3 is 5.32 Å². The van der Waals surface area contributed by atoms with Crippen molar-refractivity contribution >= 4 is 5.91 Å². The average molecular weight is 258 g/mol. The molecule has 2 fully saturated rings. The largest absolute Gasteiger partial charge is 0.353 e. The summed E-state index contributed by atoms with van der Waals surface area (Å²) in [4.78, 5) is 14.6. The Bertz CT molecular complexity index is 441. The number of hydrogen-bond acceptors (Lipinski definition) is 2. The van der Waals surface area contributed by atoms with Crippen LogP contribution in [0.4, 0.5) is 0 Å². The number of carbonyl (C=O) groups excluding carboxylic acids is 1. The maximum Gasteiger partial charge on any atom is 0.224 e. The summed E-state index contributed by atoms with van der Waals surface area (Å²) in [6.07, 6.45) is 2.33. The van der Waals surface area contributed by atoms with E-state index < -0.39 is 0 Å². The van der Waals surface area contributed by atoms with Crippen molar-refractivity contribution in [1.29, 1.82) is 0 Å². The van der Waals surface area contributed by atoms with Gasteiger partial charge in [0.15, 0.2) is 0 Å². The quantitative estimate of drug-likeness (QED) is 0.896. The molecule has 1 aliphatic heterocycles.